The van der Waals surface area contributed by atoms with Gasteiger partial charge in [-0.15, -0.1) is 0 Å². The number of aromatic nitrogens is 2. The molecule has 11 nitrogen and oxygen atoms in total. The summed E-state index contributed by atoms with van der Waals surface area (Å²) in [6, 6.07) is 7.38. The minimum absolute atomic E-state index is 0.0425. The molecule has 0 bridgehead atoms. The van der Waals surface area contributed by atoms with Crippen LogP contribution in [0.15, 0.2) is 48.2 Å². The van der Waals surface area contributed by atoms with Gasteiger partial charge in [0.15, 0.2) is 0 Å². The van der Waals surface area contributed by atoms with Crippen LogP contribution >= 0.6 is 0 Å². The number of anilines is 1. The number of hydrogen-bond acceptors (Lipinski definition) is 10. The number of quaternary nitrogens is 1. The Morgan fingerprint density at radius 2 is 1.82 bits per heavy atom. The predicted molar refractivity (Wildman–Crippen MR) is 120 cm³/mol. The van der Waals surface area contributed by atoms with E-state index in [-0.39, 0.29) is 28.6 Å². The second-order valence-electron chi connectivity index (χ2n) is 8.34. The summed E-state index contributed by atoms with van der Waals surface area (Å²) in [7, 11) is 1.36. The van der Waals surface area contributed by atoms with Gasteiger partial charge in [-0.1, -0.05) is 0 Å². The van der Waals surface area contributed by atoms with E-state index in [4.69, 9.17) is 4.74 Å². The highest BCUT2D eigenvalue weighted by Gasteiger charge is 2.50. The molecule has 0 radical (unpaired) electrons. The summed E-state index contributed by atoms with van der Waals surface area (Å²) in [5.41, 5.74) is 1.87. The van der Waals surface area contributed by atoms with Crippen molar-refractivity contribution in [3.63, 3.8) is 0 Å². The summed E-state index contributed by atoms with van der Waals surface area (Å²) in [6.45, 7) is 4.58. The molecule has 1 saturated heterocycles. The fourth-order valence-corrected chi connectivity index (χ4v) is 4.61. The van der Waals surface area contributed by atoms with E-state index in [2.05, 4.69) is 19.8 Å². The Labute approximate surface area is 195 Å². The van der Waals surface area contributed by atoms with Crippen molar-refractivity contribution in [3.8, 4) is 0 Å². The van der Waals surface area contributed by atoms with Gasteiger partial charge in [-0.3, -0.25) is 14.5 Å². The van der Waals surface area contributed by atoms with Crippen molar-refractivity contribution >= 4 is 23.2 Å². The number of carbonyl (C=O) groups is 3. The number of benzene rings is 1. The molecule has 1 aliphatic carbocycles. The smallest absolute Gasteiger partial charge is 0.337 e. The average molecular weight is 464 g/mol. The first-order chi connectivity index (χ1) is 16.5. The van der Waals surface area contributed by atoms with Gasteiger partial charge < -0.3 is 14.8 Å². The van der Waals surface area contributed by atoms with Crippen LogP contribution in [0.4, 0.5) is 5.69 Å². The number of allylic oxidation sites excluding steroid dienone is 2. The molecule has 2 aliphatic heterocycles. The maximum absolute atomic E-state index is 12.8. The minimum atomic E-state index is -0.470. The highest BCUT2D eigenvalue weighted by molar-refractivity contribution is 6.25. The second-order valence-corrected chi connectivity index (χ2v) is 8.34. The number of hydrogen-bond donors (Lipinski definition) is 1. The van der Waals surface area contributed by atoms with Crippen molar-refractivity contribution in [1.29, 1.82) is 0 Å². The summed E-state index contributed by atoms with van der Waals surface area (Å²) in [4.78, 5) is 49.2. The van der Waals surface area contributed by atoms with E-state index in [1.54, 1.807) is 12.1 Å². The Balaban J connectivity index is 1.12. The van der Waals surface area contributed by atoms with E-state index in [9.17, 15) is 19.6 Å². The third-order valence-electron chi connectivity index (χ3n) is 6.46. The van der Waals surface area contributed by atoms with Crippen LogP contribution < -0.4 is 10.1 Å². The first-order valence-corrected chi connectivity index (χ1v) is 11.1. The molecule has 2 aromatic rings. The third-order valence-corrected chi connectivity index (χ3v) is 6.46. The van der Waals surface area contributed by atoms with Crippen LogP contribution in [0, 0.1) is 5.21 Å². The monoisotopic (exact) mass is 464 g/mol. The van der Waals surface area contributed by atoms with Crippen molar-refractivity contribution in [2.24, 2.45) is 0 Å². The molecule has 0 amide bonds. The van der Waals surface area contributed by atoms with Crippen molar-refractivity contribution in [1.82, 2.24) is 19.9 Å². The predicted octanol–water partition coefficient (Wildman–Crippen LogP) is -0.321. The minimum Gasteiger partial charge on any atom is -0.602 e. The SMILES string of the molecule is COC(=O)c1ccc(N2CCN(CCCN3C4=C(C(=O)c5cncnc5C4=O)[NH+]3[O-])CC2)cc1. The van der Waals surface area contributed by atoms with E-state index in [1.807, 2.05) is 12.1 Å². The van der Waals surface area contributed by atoms with E-state index >= 15 is 0 Å². The quantitative estimate of drug-likeness (QED) is 0.449. The number of nitrogens with zero attached hydrogens (tertiary/aromatic N) is 5. The van der Waals surface area contributed by atoms with Crippen LogP contribution in [-0.4, -0.2) is 83.8 Å². The van der Waals surface area contributed by atoms with E-state index in [1.165, 1.54) is 24.6 Å². The van der Waals surface area contributed by atoms with Gasteiger partial charge in [0.2, 0.25) is 17.2 Å². The van der Waals surface area contributed by atoms with Crippen molar-refractivity contribution in [2.45, 2.75) is 6.42 Å². The van der Waals surface area contributed by atoms with Gasteiger partial charge in [0.05, 0.1) is 24.8 Å². The number of ether oxygens (including phenoxy) is 1. The van der Waals surface area contributed by atoms with Gasteiger partial charge in [0.25, 0.3) is 5.78 Å². The molecular formula is C23H24N6O5. The molecule has 1 fully saturated rings. The zero-order valence-corrected chi connectivity index (χ0v) is 18.7. The van der Waals surface area contributed by atoms with Gasteiger partial charge in [0, 0.05) is 44.6 Å². The number of methoxy groups -OCH3 is 1. The number of Topliss-reactive ketones (excluding diaryl/α,β-unsaturated/α-hetero) is 2. The molecule has 176 valence electrons. The number of nitrogens with one attached hydrogen (secondary N) is 1. The molecule has 34 heavy (non-hydrogen) atoms. The molecule has 1 atom stereocenters. The second kappa shape index (κ2) is 8.93. The number of rotatable bonds is 6. The normalized spacial score (nSPS) is 20.1. The highest BCUT2D eigenvalue weighted by Crippen LogP contribution is 2.27. The Bertz CT molecular complexity index is 1170. The number of piperazine rings is 1. The van der Waals surface area contributed by atoms with Crippen molar-refractivity contribution in [3.05, 3.63) is 70.2 Å². The Kier molecular flexibility index (Phi) is 5.82. The van der Waals surface area contributed by atoms with Gasteiger partial charge in [0.1, 0.15) is 12.0 Å². The number of carbonyl (C=O) groups excluding carboxylic acids is 3. The molecule has 0 spiro atoms. The molecule has 0 saturated carbocycles. The van der Waals surface area contributed by atoms with Crippen LogP contribution in [0.5, 0.6) is 0 Å². The maximum atomic E-state index is 12.8. The number of ketones is 2. The molecule has 1 aromatic heterocycles. The Morgan fingerprint density at radius 3 is 2.53 bits per heavy atom. The summed E-state index contributed by atoms with van der Waals surface area (Å²) < 4.78 is 4.74. The standard InChI is InChI=1S/C23H24N6O5/c1-34-23(32)15-3-5-16(6-4-15)27-11-9-26(10-12-27)7-2-8-28-19-20(29(28)33)21(30)17-13-24-14-25-18(17)22(19)31/h3-6,13-14,29H,2,7-12H2,1H3. The fourth-order valence-electron chi connectivity index (χ4n) is 4.61. The van der Waals surface area contributed by atoms with Crippen LogP contribution in [0.25, 0.3) is 0 Å². The van der Waals surface area contributed by atoms with Gasteiger partial charge in [-0.2, -0.15) is 0 Å². The molecule has 1 unspecified atom stereocenters. The van der Waals surface area contributed by atoms with Crippen molar-refractivity contribution < 1.29 is 24.3 Å². The summed E-state index contributed by atoms with van der Waals surface area (Å²) in [5.74, 6) is -1.21. The topological polar surface area (TPSA) is 123 Å². The number of hydroxylamine groups is 1. The molecule has 11 heteroatoms. The summed E-state index contributed by atoms with van der Waals surface area (Å²) >= 11 is 0. The lowest BCUT2D eigenvalue weighted by Crippen LogP contribution is -3.18. The van der Waals surface area contributed by atoms with Gasteiger partial charge in [-0.25, -0.2) is 24.9 Å². The molecule has 5 rings (SSSR count). The zero-order chi connectivity index (χ0) is 23.8. The Hall–Kier alpha value is -3.67. The van der Waals surface area contributed by atoms with E-state index in [0.29, 0.717) is 18.5 Å². The molecule has 1 aromatic carbocycles. The van der Waals surface area contributed by atoms with Crippen LogP contribution in [0.2, 0.25) is 0 Å². The maximum Gasteiger partial charge on any atom is 0.337 e. The van der Waals surface area contributed by atoms with Crippen LogP contribution in [0.1, 0.15) is 37.6 Å². The zero-order valence-electron chi connectivity index (χ0n) is 18.7. The molecule has 1 N–H and O–H groups in total. The first kappa shape index (κ1) is 22.1. The van der Waals surface area contributed by atoms with Crippen molar-refractivity contribution in [2.75, 3.05) is 51.3 Å². The molecule has 3 heterocycles. The number of fused-ring (bicyclic) bond motifs is 1. The summed E-state index contributed by atoms with van der Waals surface area (Å²) in [6.07, 6.45) is 3.21. The highest BCUT2D eigenvalue weighted by atomic mass is 16.6. The first-order valence-electron chi connectivity index (χ1n) is 11.1. The molecule has 3 aliphatic rings. The van der Waals surface area contributed by atoms with Crippen LogP contribution in [0.3, 0.4) is 0 Å². The largest absolute Gasteiger partial charge is 0.602 e. The van der Waals surface area contributed by atoms with Gasteiger partial charge >= 0.3 is 5.97 Å². The summed E-state index contributed by atoms with van der Waals surface area (Å²) in [5, 5.41) is 13.5. The lowest BCUT2D eigenvalue weighted by atomic mass is 9.93. The van der Waals surface area contributed by atoms with Crippen LogP contribution in [-0.2, 0) is 4.74 Å². The fraction of sp³-hybridized carbons (Fsp3) is 0.348. The van der Waals surface area contributed by atoms with E-state index < -0.39 is 16.7 Å². The van der Waals surface area contributed by atoms with Gasteiger partial charge in [-0.05, 0) is 30.7 Å². The third kappa shape index (κ3) is 3.73. The van der Waals surface area contributed by atoms with E-state index in [0.717, 1.165) is 38.4 Å². The average Bonchev–Trinajstić information content (AvgIpc) is 2.88. The lowest BCUT2D eigenvalue weighted by Gasteiger charge is -2.46. The number of esters is 1. The lowest BCUT2D eigenvalue weighted by molar-refractivity contribution is -0.951. The molecular weight excluding hydrogens is 440 g/mol. The Morgan fingerprint density at radius 1 is 1.09 bits per heavy atom.